The number of hydrogen-bond acceptors (Lipinski definition) is 5. The van der Waals surface area contributed by atoms with E-state index in [-0.39, 0.29) is 10.6 Å². The van der Waals surface area contributed by atoms with Crippen molar-refractivity contribution in [1.82, 2.24) is 4.31 Å². The second kappa shape index (κ2) is 5.68. The molecule has 1 aliphatic heterocycles. The topological polar surface area (TPSA) is 92.8 Å². The summed E-state index contributed by atoms with van der Waals surface area (Å²) in [7, 11) is -7.06. The van der Waals surface area contributed by atoms with Crippen molar-refractivity contribution in [3.63, 3.8) is 0 Å². The molecule has 0 aromatic heterocycles. The molecule has 9 heteroatoms. The Morgan fingerprint density at radius 3 is 2.40 bits per heavy atom. The molecule has 0 atom stereocenters. The standard InChI is InChI=1S/C11H16N2O5S2/c1-19(14,15)12-10-3-2-4-11(9-10)20(16,17)13-5-7-18-8-6-13/h2-4,9,12H,5-8H2,1H3. The first-order chi connectivity index (χ1) is 9.29. The number of morpholine rings is 1. The first kappa shape index (κ1) is 15.2. The van der Waals surface area contributed by atoms with Gasteiger partial charge in [-0.05, 0) is 18.2 Å². The molecule has 0 unspecified atom stereocenters. The summed E-state index contributed by atoms with van der Waals surface area (Å²) in [4.78, 5) is 0.0630. The lowest BCUT2D eigenvalue weighted by atomic mass is 10.3. The Morgan fingerprint density at radius 1 is 1.15 bits per heavy atom. The third-order valence-corrected chi connectivity index (χ3v) is 5.25. The van der Waals surface area contributed by atoms with Crippen LogP contribution >= 0.6 is 0 Å². The minimum absolute atomic E-state index is 0.0630. The van der Waals surface area contributed by atoms with Gasteiger partial charge < -0.3 is 4.74 Å². The maximum atomic E-state index is 12.4. The SMILES string of the molecule is CS(=O)(=O)Nc1cccc(S(=O)(=O)N2CCOCC2)c1. The number of nitrogens with one attached hydrogen (secondary N) is 1. The van der Waals surface area contributed by atoms with Crippen molar-refractivity contribution in [2.24, 2.45) is 0 Å². The highest BCUT2D eigenvalue weighted by Gasteiger charge is 2.26. The number of hydrogen-bond donors (Lipinski definition) is 1. The van der Waals surface area contributed by atoms with E-state index in [1.165, 1.54) is 28.6 Å². The summed E-state index contributed by atoms with van der Waals surface area (Å²) in [6.07, 6.45) is 1.01. The summed E-state index contributed by atoms with van der Waals surface area (Å²) < 4.78 is 55.9. The van der Waals surface area contributed by atoms with Crippen LogP contribution in [0.15, 0.2) is 29.2 Å². The first-order valence-corrected chi connectivity index (χ1v) is 9.28. The molecule has 0 amide bonds. The Hall–Kier alpha value is -1.16. The number of rotatable bonds is 4. The van der Waals surface area contributed by atoms with Crippen LogP contribution in [0.2, 0.25) is 0 Å². The maximum absolute atomic E-state index is 12.4. The summed E-state index contributed by atoms with van der Waals surface area (Å²) in [5.74, 6) is 0. The van der Waals surface area contributed by atoms with E-state index < -0.39 is 20.0 Å². The van der Waals surface area contributed by atoms with E-state index in [1.54, 1.807) is 0 Å². The van der Waals surface area contributed by atoms with Crippen LogP contribution in [0.1, 0.15) is 0 Å². The van der Waals surface area contributed by atoms with E-state index in [2.05, 4.69) is 4.72 Å². The molecule has 1 aromatic carbocycles. The van der Waals surface area contributed by atoms with Crippen LogP contribution in [0.4, 0.5) is 5.69 Å². The van der Waals surface area contributed by atoms with E-state index in [4.69, 9.17) is 4.74 Å². The van der Waals surface area contributed by atoms with E-state index in [9.17, 15) is 16.8 Å². The molecule has 0 aliphatic carbocycles. The molecule has 1 fully saturated rings. The Morgan fingerprint density at radius 2 is 1.80 bits per heavy atom. The summed E-state index contributed by atoms with van der Waals surface area (Å²) in [6, 6.07) is 5.75. The predicted molar refractivity (Wildman–Crippen MR) is 74.5 cm³/mol. The van der Waals surface area contributed by atoms with Gasteiger partial charge in [-0.3, -0.25) is 4.72 Å². The lowest BCUT2D eigenvalue weighted by Crippen LogP contribution is -2.40. The Bertz CT molecular complexity index is 679. The average Bonchev–Trinajstić information content (AvgIpc) is 2.38. The lowest BCUT2D eigenvalue weighted by Gasteiger charge is -2.26. The van der Waals surface area contributed by atoms with Gasteiger partial charge in [0.25, 0.3) is 0 Å². The molecule has 1 heterocycles. The molecule has 20 heavy (non-hydrogen) atoms. The van der Waals surface area contributed by atoms with Crippen molar-refractivity contribution in [3.8, 4) is 0 Å². The Kier molecular flexibility index (Phi) is 4.33. The zero-order valence-corrected chi connectivity index (χ0v) is 12.6. The molecular weight excluding hydrogens is 304 g/mol. The molecule has 1 aromatic rings. The molecule has 0 saturated carbocycles. The van der Waals surface area contributed by atoms with Crippen LogP contribution in [-0.4, -0.2) is 53.7 Å². The van der Waals surface area contributed by atoms with Crippen LogP contribution in [0, 0.1) is 0 Å². The van der Waals surface area contributed by atoms with Crippen LogP contribution in [-0.2, 0) is 24.8 Å². The molecule has 7 nitrogen and oxygen atoms in total. The summed E-state index contributed by atoms with van der Waals surface area (Å²) in [6.45, 7) is 1.32. The number of sulfonamides is 2. The van der Waals surface area contributed by atoms with Gasteiger partial charge in [-0.2, -0.15) is 4.31 Å². The predicted octanol–water partition coefficient (Wildman–Crippen LogP) is 0.0790. The van der Waals surface area contributed by atoms with Crippen molar-refractivity contribution in [3.05, 3.63) is 24.3 Å². The molecule has 112 valence electrons. The van der Waals surface area contributed by atoms with Gasteiger partial charge in [0.15, 0.2) is 0 Å². The molecule has 1 saturated heterocycles. The quantitative estimate of drug-likeness (QED) is 0.848. The van der Waals surface area contributed by atoms with Gasteiger partial charge in [-0.1, -0.05) is 6.07 Å². The van der Waals surface area contributed by atoms with Crippen molar-refractivity contribution in [2.45, 2.75) is 4.90 Å². The lowest BCUT2D eigenvalue weighted by molar-refractivity contribution is 0.0730. The third-order valence-electron chi connectivity index (χ3n) is 2.75. The Balaban J connectivity index is 2.30. The second-order valence-electron chi connectivity index (χ2n) is 4.42. The zero-order valence-electron chi connectivity index (χ0n) is 10.9. The smallest absolute Gasteiger partial charge is 0.243 e. The fraction of sp³-hybridized carbons (Fsp3) is 0.455. The Labute approximate surface area is 118 Å². The van der Waals surface area contributed by atoms with Gasteiger partial charge >= 0.3 is 0 Å². The van der Waals surface area contributed by atoms with Crippen LogP contribution < -0.4 is 4.72 Å². The highest BCUT2D eigenvalue weighted by atomic mass is 32.2. The molecular formula is C11H16N2O5S2. The van der Waals surface area contributed by atoms with Gasteiger partial charge in [0.05, 0.1) is 24.4 Å². The molecule has 1 N–H and O–H groups in total. The van der Waals surface area contributed by atoms with Crippen molar-refractivity contribution >= 4 is 25.7 Å². The highest BCUT2D eigenvalue weighted by Crippen LogP contribution is 2.20. The monoisotopic (exact) mass is 320 g/mol. The number of anilines is 1. The normalized spacial score (nSPS) is 17.9. The van der Waals surface area contributed by atoms with E-state index >= 15 is 0 Å². The van der Waals surface area contributed by atoms with Gasteiger partial charge in [0, 0.05) is 18.8 Å². The highest BCUT2D eigenvalue weighted by molar-refractivity contribution is 7.92. The van der Waals surface area contributed by atoms with Crippen LogP contribution in [0.3, 0.4) is 0 Å². The van der Waals surface area contributed by atoms with Gasteiger partial charge in [0.1, 0.15) is 0 Å². The number of nitrogens with zero attached hydrogens (tertiary/aromatic N) is 1. The van der Waals surface area contributed by atoms with E-state index in [0.717, 1.165) is 6.26 Å². The largest absolute Gasteiger partial charge is 0.379 e. The van der Waals surface area contributed by atoms with Crippen LogP contribution in [0.5, 0.6) is 0 Å². The van der Waals surface area contributed by atoms with Gasteiger partial charge in [-0.15, -0.1) is 0 Å². The van der Waals surface area contributed by atoms with E-state index in [0.29, 0.717) is 26.3 Å². The summed E-state index contributed by atoms with van der Waals surface area (Å²) in [5.41, 5.74) is 0.224. The second-order valence-corrected chi connectivity index (χ2v) is 8.10. The molecule has 1 aliphatic rings. The van der Waals surface area contributed by atoms with Crippen LogP contribution in [0.25, 0.3) is 0 Å². The number of ether oxygens (including phenoxy) is 1. The van der Waals surface area contributed by atoms with E-state index in [1.807, 2.05) is 0 Å². The molecule has 2 rings (SSSR count). The number of benzene rings is 1. The molecule has 0 bridgehead atoms. The zero-order chi connectivity index (χ0) is 14.8. The minimum atomic E-state index is -3.62. The molecule has 0 radical (unpaired) electrons. The fourth-order valence-electron chi connectivity index (χ4n) is 1.87. The molecule has 0 spiro atoms. The first-order valence-electron chi connectivity index (χ1n) is 5.95. The maximum Gasteiger partial charge on any atom is 0.243 e. The van der Waals surface area contributed by atoms with Gasteiger partial charge in [0.2, 0.25) is 20.0 Å². The van der Waals surface area contributed by atoms with Crippen molar-refractivity contribution < 1.29 is 21.6 Å². The summed E-state index contributed by atoms with van der Waals surface area (Å²) in [5, 5.41) is 0. The minimum Gasteiger partial charge on any atom is -0.379 e. The fourth-order valence-corrected chi connectivity index (χ4v) is 3.88. The van der Waals surface area contributed by atoms with Crippen molar-refractivity contribution in [2.75, 3.05) is 37.3 Å². The van der Waals surface area contributed by atoms with Gasteiger partial charge in [-0.25, -0.2) is 16.8 Å². The average molecular weight is 320 g/mol. The third kappa shape index (κ3) is 3.69. The summed E-state index contributed by atoms with van der Waals surface area (Å²) >= 11 is 0. The van der Waals surface area contributed by atoms with Crippen molar-refractivity contribution in [1.29, 1.82) is 0 Å².